The predicted molar refractivity (Wildman–Crippen MR) is 112 cm³/mol. The second-order valence-corrected chi connectivity index (χ2v) is 6.82. The number of pyridine rings is 1. The Morgan fingerprint density at radius 1 is 1.03 bits per heavy atom. The van der Waals surface area contributed by atoms with E-state index in [0.29, 0.717) is 43.2 Å². The SMILES string of the molecule is COc1ccccc1C(=O)N1CCN(c2ccc(NC(=O)c3ccco3)cn2)CC1. The van der Waals surface area contributed by atoms with Crippen molar-refractivity contribution in [3.05, 3.63) is 72.3 Å². The summed E-state index contributed by atoms with van der Waals surface area (Å²) in [6.45, 7) is 2.53. The number of nitrogens with one attached hydrogen (secondary N) is 1. The van der Waals surface area contributed by atoms with Gasteiger partial charge in [0.1, 0.15) is 11.6 Å². The number of aromatic nitrogens is 1. The number of para-hydroxylation sites is 1. The molecule has 3 aromatic rings. The number of hydrogen-bond donors (Lipinski definition) is 1. The number of hydrogen-bond acceptors (Lipinski definition) is 6. The van der Waals surface area contributed by atoms with E-state index in [1.54, 1.807) is 43.6 Å². The van der Waals surface area contributed by atoms with Crippen LogP contribution in [-0.4, -0.2) is 55.0 Å². The molecule has 2 amide bonds. The lowest BCUT2D eigenvalue weighted by Gasteiger charge is -2.35. The first-order chi connectivity index (χ1) is 14.7. The van der Waals surface area contributed by atoms with E-state index in [1.165, 1.54) is 6.26 Å². The molecule has 30 heavy (non-hydrogen) atoms. The Morgan fingerprint density at radius 3 is 2.50 bits per heavy atom. The van der Waals surface area contributed by atoms with Crippen molar-refractivity contribution < 1.29 is 18.7 Å². The second kappa shape index (κ2) is 8.69. The molecule has 4 rings (SSSR count). The van der Waals surface area contributed by atoms with Crippen molar-refractivity contribution in [1.29, 1.82) is 0 Å². The van der Waals surface area contributed by atoms with Gasteiger partial charge in [0.15, 0.2) is 5.76 Å². The summed E-state index contributed by atoms with van der Waals surface area (Å²) in [6.07, 6.45) is 3.07. The Hall–Kier alpha value is -3.81. The summed E-state index contributed by atoms with van der Waals surface area (Å²) in [4.78, 5) is 33.3. The number of furan rings is 1. The van der Waals surface area contributed by atoms with Gasteiger partial charge in [-0.25, -0.2) is 4.98 Å². The maximum absolute atomic E-state index is 12.8. The fourth-order valence-corrected chi connectivity index (χ4v) is 3.38. The van der Waals surface area contributed by atoms with Gasteiger partial charge in [-0.2, -0.15) is 0 Å². The third-order valence-corrected chi connectivity index (χ3v) is 4.98. The molecule has 1 aliphatic rings. The first-order valence-corrected chi connectivity index (χ1v) is 9.64. The van der Waals surface area contributed by atoms with Crippen LogP contribution in [0.25, 0.3) is 0 Å². The lowest BCUT2D eigenvalue weighted by Crippen LogP contribution is -2.49. The van der Waals surface area contributed by atoms with Gasteiger partial charge < -0.3 is 24.3 Å². The van der Waals surface area contributed by atoms with E-state index in [4.69, 9.17) is 9.15 Å². The molecule has 1 fully saturated rings. The van der Waals surface area contributed by atoms with Gasteiger partial charge in [-0.3, -0.25) is 9.59 Å². The molecular weight excluding hydrogens is 384 g/mol. The Labute approximate surface area is 174 Å². The van der Waals surface area contributed by atoms with Crippen molar-refractivity contribution in [3.8, 4) is 5.75 Å². The number of carbonyl (C=O) groups is 2. The number of ether oxygens (including phenoxy) is 1. The van der Waals surface area contributed by atoms with Gasteiger partial charge in [0, 0.05) is 26.2 Å². The molecule has 0 radical (unpaired) electrons. The number of carbonyl (C=O) groups excluding carboxylic acids is 2. The quantitative estimate of drug-likeness (QED) is 0.701. The van der Waals surface area contributed by atoms with Crippen LogP contribution in [0, 0.1) is 0 Å². The molecule has 0 unspecified atom stereocenters. The third kappa shape index (κ3) is 4.12. The van der Waals surface area contributed by atoms with Gasteiger partial charge in [-0.05, 0) is 36.4 Å². The highest BCUT2D eigenvalue weighted by Crippen LogP contribution is 2.22. The normalized spacial score (nSPS) is 13.8. The Kier molecular flexibility index (Phi) is 5.65. The van der Waals surface area contributed by atoms with Gasteiger partial charge in [-0.15, -0.1) is 0 Å². The highest BCUT2D eigenvalue weighted by atomic mass is 16.5. The Bertz CT molecular complexity index is 1010. The van der Waals surface area contributed by atoms with Crippen molar-refractivity contribution in [2.24, 2.45) is 0 Å². The van der Waals surface area contributed by atoms with E-state index in [-0.39, 0.29) is 17.6 Å². The monoisotopic (exact) mass is 406 g/mol. The highest BCUT2D eigenvalue weighted by molar-refractivity contribution is 6.02. The number of methoxy groups -OCH3 is 1. The van der Waals surface area contributed by atoms with E-state index < -0.39 is 0 Å². The molecule has 1 N–H and O–H groups in total. The Balaban J connectivity index is 1.35. The molecule has 0 atom stereocenters. The molecule has 1 aromatic carbocycles. The fraction of sp³-hybridized carbons (Fsp3) is 0.227. The highest BCUT2D eigenvalue weighted by Gasteiger charge is 2.24. The Morgan fingerprint density at radius 2 is 1.83 bits per heavy atom. The van der Waals surface area contributed by atoms with Crippen LogP contribution < -0.4 is 15.0 Å². The zero-order valence-corrected chi connectivity index (χ0v) is 16.6. The third-order valence-electron chi connectivity index (χ3n) is 4.98. The molecule has 0 spiro atoms. The first-order valence-electron chi connectivity index (χ1n) is 9.64. The van der Waals surface area contributed by atoms with Crippen LogP contribution in [0.1, 0.15) is 20.9 Å². The standard InChI is InChI=1S/C22H22N4O4/c1-29-18-6-3-2-5-17(18)22(28)26-12-10-25(11-13-26)20-9-8-16(15-23-20)24-21(27)19-7-4-14-30-19/h2-9,14-15H,10-13H2,1H3,(H,24,27). The largest absolute Gasteiger partial charge is 0.496 e. The van der Waals surface area contributed by atoms with Crippen molar-refractivity contribution >= 4 is 23.3 Å². The zero-order chi connectivity index (χ0) is 20.9. The molecule has 2 aromatic heterocycles. The predicted octanol–water partition coefficient (Wildman–Crippen LogP) is 2.90. The topological polar surface area (TPSA) is 87.9 Å². The zero-order valence-electron chi connectivity index (χ0n) is 16.6. The summed E-state index contributed by atoms with van der Waals surface area (Å²) in [5.74, 6) is 1.28. The molecule has 1 aliphatic heterocycles. The molecule has 1 saturated heterocycles. The number of piperazine rings is 1. The van der Waals surface area contributed by atoms with Crippen molar-refractivity contribution in [2.75, 3.05) is 43.5 Å². The van der Waals surface area contributed by atoms with Gasteiger partial charge in [0.2, 0.25) is 0 Å². The summed E-state index contributed by atoms with van der Waals surface area (Å²) in [5, 5.41) is 2.75. The molecular formula is C22H22N4O4. The maximum atomic E-state index is 12.8. The van der Waals surface area contributed by atoms with E-state index in [1.807, 2.05) is 23.1 Å². The van der Waals surface area contributed by atoms with Crippen LogP contribution in [0.2, 0.25) is 0 Å². The van der Waals surface area contributed by atoms with Gasteiger partial charge in [0.25, 0.3) is 11.8 Å². The summed E-state index contributed by atoms with van der Waals surface area (Å²) in [6, 6.07) is 14.2. The average Bonchev–Trinajstić information content (AvgIpc) is 3.34. The van der Waals surface area contributed by atoms with E-state index in [9.17, 15) is 9.59 Å². The van der Waals surface area contributed by atoms with E-state index >= 15 is 0 Å². The lowest BCUT2D eigenvalue weighted by atomic mass is 10.1. The van der Waals surface area contributed by atoms with Gasteiger partial charge in [-0.1, -0.05) is 12.1 Å². The molecule has 8 heteroatoms. The minimum atomic E-state index is -0.321. The molecule has 0 bridgehead atoms. The minimum Gasteiger partial charge on any atom is -0.496 e. The average molecular weight is 406 g/mol. The molecule has 154 valence electrons. The summed E-state index contributed by atoms with van der Waals surface area (Å²) in [5.41, 5.74) is 1.16. The number of anilines is 2. The smallest absolute Gasteiger partial charge is 0.291 e. The molecule has 3 heterocycles. The van der Waals surface area contributed by atoms with Crippen LogP contribution in [0.3, 0.4) is 0 Å². The summed E-state index contributed by atoms with van der Waals surface area (Å²) >= 11 is 0. The minimum absolute atomic E-state index is 0.0314. The number of amides is 2. The van der Waals surface area contributed by atoms with Crippen LogP contribution in [0.4, 0.5) is 11.5 Å². The van der Waals surface area contributed by atoms with E-state index in [0.717, 1.165) is 5.82 Å². The van der Waals surface area contributed by atoms with Crippen LogP contribution >= 0.6 is 0 Å². The number of nitrogens with zero attached hydrogens (tertiary/aromatic N) is 3. The molecule has 0 saturated carbocycles. The fourth-order valence-electron chi connectivity index (χ4n) is 3.38. The van der Waals surface area contributed by atoms with Crippen LogP contribution in [-0.2, 0) is 0 Å². The summed E-state index contributed by atoms with van der Waals surface area (Å²) in [7, 11) is 1.57. The van der Waals surface area contributed by atoms with Crippen LogP contribution in [0.5, 0.6) is 5.75 Å². The van der Waals surface area contributed by atoms with E-state index in [2.05, 4.69) is 15.2 Å². The maximum Gasteiger partial charge on any atom is 0.291 e. The van der Waals surface area contributed by atoms with Crippen molar-refractivity contribution in [3.63, 3.8) is 0 Å². The number of rotatable bonds is 5. The van der Waals surface area contributed by atoms with Crippen LogP contribution in [0.15, 0.2) is 65.4 Å². The van der Waals surface area contributed by atoms with Crippen molar-refractivity contribution in [1.82, 2.24) is 9.88 Å². The van der Waals surface area contributed by atoms with Gasteiger partial charge in [0.05, 0.1) is 30.8 Å². The second-order valence-electron chi connectivity index (χ2n) is 6.82. The molecule has 8 nitrogen and oxygen atoms in total. The number of benzene rings is 1. The molecule has 0 aliphatic carbocycles. The lowest BCUT2D eigenvalue weighted by molar-refractivity contribution is 0.0743. The van der Waals surface area contributed by atoms with Gasteiger partial charge >= 0.3 is 0 Å². The first kappa shape index (κ1) is 19.5. The summed E-state index contributed by atoms with van der Waals surface area (Å²) < 4.78 is 10.4. The van der Waals surface area contributed by atoms with Crippen molar-refractivity contribution in [2.45, 2.75) is 0 Å².